The van der Waals surface area contributed by atoms with Crippen LogP contribution in [0.15, 0.2) is 42.5 Å². The number of hydrogen-bond donors (Lipinski definition) is 1. The Labute approximate surface area is 138 Å². The van der Waals surface area contributed by atoms with Gasteiger partial charge in [0.15, 0.2) is 0 Å². The van der Waals surface area contributed by atoms with E-state index < -0.39 is 11.7 Å². The van der Waals surface area contributed by atoms with Crippen LogP contribution in [0.3, 0.4) is 0 Å². The number of amides is 3. The molecule has 0 spiro atoms. The first-order valence-corrected chi connectivity index (χ1v) is 7.49. The monoisotopic (exact) mass is 326 g/mol. The zero-order valence-electron chi connectivity index (χ0n) is 13.0. The van der Waals surface area contributed by atoms with Crippen molar-refractivity contribution < 1.29 is 18.8 Å². The van der Waals surface area contributed by atoms with Crippen molar-refractivity contribution in [1.29, 1.82) is 0 Å². The third-order valence-electron chi connectivity index (χ3n) is 3.87. The van der Waals surface area contributed by atoms with Crippen LogP contribution < -0.4 is 10.2 Å². The number of imide groups is 1. The quantitative estimate of drug-likeness (QED) is 0.882. The molecule has 0 unspecified atom stereocenters. The van der Waals surface area contributed by atoms with Crippen LogP contribution in [0.1, 0.15) is 28.8 Å². The van der Waals surface area contributed by atoms with Crippen LogP contribution in [-0.2, 0) is 9.59 Å². The maximum atomic E-state index is 13.3. The van der Waals surface area contributed by atoms with E-state index in [2.05, 4.69) is 5.32 Å². The normalized spacial score (nSPS) is 14.2. The van der Waals surface area contributed by atoms with Crippen molar-refractivity contribution in [2.45, 2.75) is 19.8 Å². The molecule has 0 bridgehead atoms. The predicted octanol–water partition coefficient (Wildman–Crippen LogP) is 3.04. The highest BCUT2D eigenvalue weighted by Crippen LogP contribution is 2.24. The van der Waals surface area contributed by atoms with Crippen LogP contribution in [0.2, 0.25) is 0 Å². The van der Waals surface area contributed by atoms with Crippen LogP contribution in [0.5, 0.6) is 0 Å². The molecule has 122 valence electrons. The number of anilines is 2. The summed E-state index contributed by atoms with van der Waals surface area (Å²) in [5.41, 5.74) is 1.75. The Morgan fingerprint density at radius 3 is 2.50 bits per heavy atom. The van der Waals surface area contributed by atoms with Crippen molar-refractivity contribution >= 4 is 29.1 Å². The predicted molar refractivity (Wildman–Crippen MR) is 87.3 cm³/mol. The van der Waals surface area contributed by atoms with Crippen molar-refractivity contribution in [3.63, 3.8) is 0 Å². The van der Waals surface area contributed by atoms with Crippen molar-refractivity contribution in [3.8, 4) is 0 Å². The minimum absolute atomic E-state index is 0.178. The second kappa shape index (κ2) is 6.23. The first-order valence-electron chi connectivity index (χ1n) is 7.49. The van der Waals surface area contributed by atoms with Gasteiger partial charge in [-0.3, -0.25) is 19.3 Å². The number of benzene rings is 2. The van der Waals surface area contributed by atoms with Gasteiger partial charge < -0.3 is 5.32 Å². The Hall–Kier alpha value is -3.02. The number of halogens is 1. The molecule has 3 amide bonds. The third kappa shape index (κ3) is 3.03. The molecule has 1 heterocycles. The first-order chi connectivity index (χ1) is 11.5. The highest BCUT2D eigenvalue weighted by molar-refractivity contribution is 6.20. The Bertz CT molecular complexity index is 832. The smallest absolute Gasteiger partial charge is 0.255 e. The van der Waals surface area contributed by atoms with E-state index in [1.165, 1.54) is 18.2 Å². The van der Waals surface area contributed by atoms with Crippen LogP contribution in [0.25, 0.3) is 0 Å². The Morgan fingerprint density at radius 1 is 1.08 bits per heavy atom. The number of carbonyl (C=O) groups excluding carboxylic acids is 3. The Balaban J connectivity index is 1.86. The fraction of sp³-hybridized carbons (Fsp3) is 0.167. The number of aryl methyl sites for hydroxylation is 1. The van der Waals surface area contributed by atoms with Gasteiger partial charge in [-0.25, -0.2) is 4.39 Å². The van der Waals surface area contributed by atoms with Gasteiger partial charge in [-0.2, -0.15) is 0 Å². The van der Waals surface area contributed by atoms with E-state index in [9.17, 15) is 18.8 Å². The Morgan fingerprint density at radius 2 is 1.79 bits per heavy atom. The lowest BCUT2D eigenvalue weighted by Gasteiger charge is -2.15. The molecule has 0 saturated carbocycles. The summed E-state index contributed by atoms with van der Waals surface area (Å²) in [5, 5.41) is 2.64. The number of nitrogens with one attached hydrogen (secondary N) is 1. The van der Waals surface area contributed by atoms with Crippen LogP contribution >= 0.6 is 0 Å². The molecule has 2 aromatic rings. The van der Waals surface area contributed by atoms with E-state index in [1.54, 1.807) is 31.2 Å². The van der Waals surface area contributed by atoms with E-state index in [0.29, 0.717) is 11.4 Å². The van der Waals surface area contributed by atoms with E-state index in [0.717, 1.165) is 10.5 Å². The highest BCUT2D eigenvalue weighted by atomic mass is 19.1. The minimum atomic E-state index is -0.446. The zero-order chi connectivity index (χ0) is 17.3. The molecule has 0 aromatic heterocycles. The van der Waals surface area contributed by atoms with Gasteiger partial charge in [0.1, 0.15) is 5.82 Å². The standard InChI is InChI=1S/C18H15FN2O3/c1-11-5-6-13(19)10-15(11)20-18(24)12-3-2-4-14(9-12)21-16(22)7-8-17(21)23/h2-6,9-10H,7-8H2,1H3,(H,20,24). The summed E-state index contributed by atoms with van der Waals surface area (Å²) in [6.45, 7) is 1.76. The van der Waals surface area contributed by atoms with Gasteiger partial charge in [0.25, 0.3) is 5.91 Å². The summed E-state index contributed by atoms with van der Waals surface area (Å²) in [4.78, 5) is 37.1. The molecule has 24 heavy (non-hydrogen) atoms. The van der Waals surface area contributed by atoms with Gasteiger partial charge >= 0.3 is 0 Å². The zero-order valence-corrected chi connectivity index (χ0v) is 13.0. The van der Waals surface area contributed by atoms with Crippen LogP contribution in [-0.4, -0.2) is 17.7 Å². The summed E-state index contributed by atoms with van der Waals surface area (Å²) < 4.78 is 13.3. The van der Waals surface area contributed by atoms with Crippen LogP contribution in [0, 0.1) is 12.7 Å². The van der Waals surface area contributed by atoms with Crippen LogP contribution in [0.4, 0.5) is 15.8 Å². The van der Waals surface area contributed by atoms with Crippen molar-refractivity contribution in [2.75, 3.05) is 10.2 Å². The molecule has 0 aliphatic carbocycles. The summed E-state index contributed by atoms with van der Waals surface area (Å²) in [6.07, 6.45) is 0.357. The number of rotatable bonds is 3. The fourth-order valence-electron chi connectivity index (χ4n) is 2.57. The van der Waals surface area contributed by atoms with Crippen molar-refractivity contribution in [1.82, 2.24) is 0 Å². The molecule has 6 heteroatoms. The van der Waals surface area contributed by atoms with E-state index in [4.69, 9.17) is 0 Å². The van der Waals surface area contributed by atoms with E-state index in [-0.39, 0.29) is 30.2 Å². The topological polar surface area (TPSA) is 66.5 Å². The van der Waals surface area contributed by atoms with E-state index in [1.807, 2.05) is 0 Å². The molecule has 3 rings (SSSR count). The fourth-order valence-corrected chi connectivity index (χ4v) is 2.57. The average molecular weight is 326 g/mol. The lowest BCUT2D eigenvalue weighted by Crippen LogP contribution is -2.28. The second-order valence-electron chi connectivity index (χ2n) is 5.59. The molecule has 1 saturated heterocycles. The lowest BCUT2D eigenvalue weighted by atomic mass is 10.1. The summed E-state index contributed by atoms with van der Waals surface area (Å²) in [7, 11) is 0. The van der Waals surface area contributed by atoms with Gasteiger partial charge in [0.2, 0.25) is 11.8 Å². The molecule has 2 aromatic carbocycles. The molecular weight excluding hydrogens is 311 g/mol. The van der Waals surface area contributed by atoms with Gasteiger partial charge in [-0.15, -0.1) is 0 Å². The van der Waals surface area contributed by atoms with Gasteiger partial charge in [0.05, 0.1) is 5.69 Å². The summed E-state index contributed by atoms with van der Waals surface area (Å²) in [5.74, 6) is -1.44. The minimum Gasteiger partial charge on any atom is -0.322 e. The molecule has 1 fully saturated rings. The van der Waals surface area contributed by atoms with Crippen molar-refractivity contribution in [3.05, 3.63) is 59.4 Å². The number of hydrogen-bond acceptors (Lipinski definition) is 3. The molecule has 0 atom stereocenters. The lowest BCUT2D eigenvalue weighted by molar-refractivity contribution is -0.121. The Kier molecular flexibility index (Phi) is 4.12. The summed E-state index contributed by atoms with van der Waals surface area (Å²) >= 11 is 0. The number of carbonyl (C=O) groups is 3. The second-order valence-corrected chi connectivity index (χ2v) is 5.59. The van der Waals surface area contributed by atoms with Gasteiger partial charge in [-0.1, -0.05) is 12.1 Å². The number of nitrogens with zero attached hydrogens (tertiary/aromatic N) is 1. The third-order valence-corrected chi connectivity index (χ3v) is 3.87. The SMILES string of the molecule is Cc1ccc(F)cc1NC(=O)c1cccc(N2C(=O)CCC2=O)c1. The molecule has 1 aliphatic heterocycles. The summed E-state index contributed by atoms with van der Waals surface area (Å²) in [6, 6.07) is 10.4. The largest absolute Gasteiger partial charge is 0.322 e. The maximum absolute atomic E-state index is 13.3. The molecule has 0 radical (unpaired) electrons. The first kappa shape index (κ1) is 15.9. The van der Waals surface area contributed by atoms with Gasteiger partial charge in [0, 0.05) is 24.1 Å². The highest BCUT2D eigenvalue weighted by Gasteiger charge is 2.30. The van der Waals surface area contributed by atoms with E-state index >= 15 is 0 Å². The van der Waals surface area contributed by atoms with Crippen molar-refractivity contribution in [2.24, 2.45) is 0 Å². The van der Waals surface area contributed by atoms with Gasteiger partial charge in [-0.05, 0) is 42.8 Å². The maximum Gasteiger partial charge on any atom is 0.255 e. The molecular formula is C18H15FN2O3. The molecule has 5 nitrogen and oxygen atoms in total. The average Bonchev–Trinajstić information content (AvgIpc) is 2.90. The molecule has 1 aliphatic rings. The molecule has 1 N–H and O–H groups in total.